The Balaban J connectivity index is 0.00000144. The number of nitrogens with zero attached hydrogens (tertiary/aromatic N) is 1. The van der Waals surface area contributed by atoms with Crippen molar-refractivity contribution in [1.82, 2.24) is 4.90 Å². The molecule has 2 heterocycles. The van der Waals surface area contributed by atoms with E-state index >= 15 is 0 Å². The van der Waals surface area contributed by atoms with Crippen molar-refractivity contribution in [3.8, 4) is 0 Å². The third-order valence-corrected chi connectivity index (χ3v) is 6.09. The Bertz CT molecular complexity index is 242. The molecule has 3 nitrogen and oxygen atoms in total. The number of hydrogen-bond donors (Lipinski definition) is 1. The van der Waals surface area contributed by atoms with E-state index in [0.29, 0.717) is 11.8 Å². The number of piperidine rings is 1. The molecular weight excluding hydrogens is 276 g/mol. The number of likely N-dealkylation sites (tertiary alicyclic amines) is 1. The summed E-state index contributed by atoms with van der Waals surface area (Å²) in [6.07, 6.45) is 2.18. The molecule has 2 rings (SSSR count). The fraction of sp³-hybridized carbons (Fsp3) is 0.909. The van der Waals surface area contributed by atoms with Crippen molar-refractivity contribution in [2.45, 2.75) is 18.1 Å². The topological polar surface area (TPSA) is 46.3 Å². The quantitative estimate of drug-likeness (QED) is 0.838. The standard InChI is InChI=1S/C11H20N2OS2.ClH/c12-7-9-1-3-13(4-2-9)11(14)10-8-15-5-6-16-10;/h9-10H,1-8,12H2;1H. The van der Waals surface area contributed by atoms with E-state index in [1.165, 1.54) is 5.75 Å². The second-order valence-electron chi connectivity index (χ2n) is 4.44. The van der Waals surface area contributed by atoms with Gasteiger partial charge in [0.05, 0.1) is 5.25 Å². The van der Waals surface area contributed by atoms with Crippen LogP contribution in [0.4, 0.5) is 0 Å². The molecule has 1 unspecified atom stereocenters. The second kappa shape index (κ2) is 7.77. The van der Waals surface area contributed by atoms with Crippen LogP contribution in [0, 0.1) is 5.92 Å². The minimum atomic E-state index is 0. The van der Waals surface area contributed by atoms with Crippen molar-refractivity contribution in [3.63, 3.8) is 0 Å². The lowest BCUT2D eigenvalue weighted by atomic mass is 9.97. The lowest BCUT2D eigenvalue weighted by Crippen LogP contribution is -2.45. The van der Waals surface area contributed by atoms with Gasteiger partial charge in [-0.05, 0) is 25.3 Å². The van der Waals surface area contributed by atoms with Gasteiger partial charge in [0.15, 0.2) is 0 Å². The average Bonchev–Trinajstić information content (AvgIpc) is 2.39. The summed E-state index contributed by atoms with van der Waals surface area (Å²) in [5.41, 5.74) is 5.66. The predicted octanol–water partition coefficient (Wildman–Crippen LogP) is 1.45. The molecule has 0 bridgehead atoms. The van der Waals surface area contributed by atoms with Crippen molar-refractivity contribution >= 4 is 41.8 Å². The first kappa shape index (κ1) is 15.5. The van der Waals surface area contributed by atoms with Crippen LogP contribution in [0.3, 0.4) is 0 Å². The molecule has 2 fully saturated rings. The molecule has 2 aliphatic heterocycles. The smallest absolute Gasteiger partial charge is 0.236 e. The van der Waals surface area contributed by atoms with Gasteiger partial charge in [-0.2, -0.15) is 11.8 Å². The molecule has 0 aromatic carbocycles. The molecule has 0 spiro atoms. The lowest BCUT2D eigenvalue weighted by molar-refractivity contribution is -0.131. The summed E-state index contributed by atoms with van der Waals surface area (Å²) in [7, 11) is 0. The van der Waals surface area contributed by atoms with E-state index < -0.39 is 0 Å². The summed E-state index contributed by atoms with van der Waals surface area (Å²) in [5, 5.41) is 0.216. The van der Waals surface area contributed by atoms with Crippen LogP contribution in [-0.4, -0.2) is 52.9 Å². The molecule has 2 N–H and O–H groups in total. The Morgan fingerprint density at radius 2 is 2.00 bits per heavy atom. The molecule has 1 amide bonds. The normalized spacial score (nSPS) is 26.4. The molecule has 1 atom stereocenters. The van der Waals surface area contributed by atoms with Gasteiger partial charge in [-0.15, -0.1) is 24.2 Å². The Morgan fingerprint density at radius 3 is 2.53 bits per heavy atom. The van der Waals surface area contributed by atoms with Gasteiger partial charge in [-0.25, -0.2) is 0 Å². The maximum atomic E-state index is 12.2. The first-order valence-electron chi connectivity index (χ1n) is 5.99. The molecule has 0 saturated carbocycles. The molecule has 0 aromatic heterocycles. The number of hydrogen-bond acceptors (Lipinski definition) is 4. The van der Waals surface area contributed by atoms with Crippen LogP contribution in [-0.2, 0) is 4.79 Å². The van der Waals surface area contributed by atoms with Gasteiger partial charge in [-0.1, -0.05) is 0 Å². The highest BCUT2D eigenvalue weighted by Gasteiger charge is 2.29. The second-order valence-corrected chi connectivity index (χ2v) is 6.90. The number of amides is 1. The van der Waals surface area contributed by atoms with Crippen LogP contribution >= 0.6 is 35.9 Å². The number of halogens is 1. The molecule has 2 saturated heterocycles. The van der Waals surface area contributed by atoms with Crippen molar-refractivity contribution in [2.24, 2.45) is 11.7 Å². The molecular formula is C11H21ClN2OS2. The van der Waals surface area contributed by atoms with Gasteiger partial charge in [0, 0.05) is 30.3 Å². The van der Waals surface area contributed by atoms with Crippen LogP contribution in [0.25, 0.3) is 0 Å². The van der Waals surface area contributed by atoms with Crippen molar-refractivity contribution in [3.05, 3.63) is 0 Å². The van der Waals surface area contributed by atoms with Gasteiger partial charge >= 0.3 is 0 Å². The molecule has 2 aliphatic rings. The molecule has 6 heteroatoms. The van der Waals surface area contributed by atoms with Gasteiger partial charge in [0.1, 0.15) is 0 Å². The third kappa shape index (κ3) is 4.23. The third-order valence-electron chi connectivity index (χ3n) is 3.35. The first-order chi connectivity index (χ1) is 7.81. The molecule has 100 valence electrons. The maximum Gasteiger partial charge on any atom is 0.236 e. The summed E-state index contributed by atoms with van der Waals surface area (Å²) in [6.45, 7) is 2.61. The largest absolute Gasteiger partial charge is 0.342 e. The molecule has 0 aliphatic carbocycles. The SMILES string of the molecule is Cl.NCC1CCN(C(=O)C2CSCCS2)CC1. The summed E-state index contributed by atoms with van der Waals surface area (Å²) >= 11 is 3.75. The van der Waals surface area contributed by atoms with Crippen LogP contribution in [0.1, 0.15) is 12.8 Å². The van der Waals surface area contributed by atoms with E-state index in [4.69, 9.17) is 5.73 Å². The van der Waals surface area contributed by atoms with E-state index in [2.05, 4.69) is 4.90 Å². The Labute approximate surface area is 118 Å². The Morgan fingerprint density at radius 1 is 1.29 bits per heavy atom. The fourth-order valence-corrected chi connectivity index (χ4v) is 4.85. The molecule has 0 radical (unpaired) electrons. The van der Waals surface area contributed by atoms with Gasteiger partial charge < -0.3 is 10.6 Å². The number of carbonyl (C=O) groups excluding carboxylic acids is 1. The number of carbonyl (C=O) groups is 1. The minimum absolute atomic E-state index is 0. The van der Waals surface area contributed by atoms with E-state index in [9.17, 15) is 4.79 Å². The summed E-state index contributed by atoms with van der Waals surface area (Å²) < 4.78 is 0. The highest BCUT2D eigenvalue weighted by molar-refractivity contribution is 8.07. The van der Waals surface area contributed by atoms with Gasteiger partial charge in [0.25, 0.3) is 0 Å². The van der Waals surface area contributed by atoms with Crippen molar-refractivity contribution < 1.29 is 4.79 Å². The average molecular weight is 297 g/mol. The van der Waals surface area contributed by atoms with Gasteiger partial charge in [-0.3, -0.25) is 4.79 Å². The monoisotopic (exact) mass is 296 g/mol. The number of rotatable bonds is 2. The molecule has 17 heavy (non-hydrogen) atoms. The molecule has 0 aromatic rings. The van der Waals surface area contributed by atoms with E-state index in [1.54, 1.807) is 0 Å². The lowest BCUT2D eigenvalue weighted by Gasteiger charge is -2.34. The van der Waals surface area contributed by atoms with Crippen LogP contribution < -0.4 is 5.73 Å². The Hall–Kier alpha value is 0.420. The van der Waals surface area contributed by atoms with Crippen LogP contribution in [0.2, 0.25) is 0 Å². The predicted molar refractivity (Wildman–Crippen MR) is 79.2 cm³/mol. The summed E-state index contributed by atoms with van der Waals surface area (Å²) in [6, 6.07) is 0. The summed E-state index contributed by atoms with van der Waals surface area (Å²) in [4.78, 5) is 14.3. The minimum Gasteiger partial charge on any atom is -0.342 e. The van der Waals surface area contributed by atoms with Crippen molar-refractivity contribution in [1.29, 1.82) is 0 Å². The first-order valence-corrected chi connectivity index (χ1v) is 8.20. The zero-order valence-electron chi connectivity index (χ0n) is 9.97. The zero-order valence-corrected chi connectivity index (χ0v) is 12.4. The van der Waals surface area contributed by atoms with Gasteiger partial charge in [0.2, 0.25) is 5.91 Å². The Kier molecular flexibility index (Phi) is 7.07. The highest BCUT2D eigenvalue weighted by Crippen LogP contribution is 2.27. The van der Waals surface area contributed by atoms with Crippen LogP contribution in [0.5, 0.6) is 0 Å². The fourth-order valence-electron chi connectivity index (χ4n) is 2.22. The summed E-state index contributed by atoms with van der Waals surface area (Å²) in [5.74, 6) is 4.33. The zero-order chi connectivity index (χ0) is 11.4. The maximum absolute atomic E-state index is 12.2. The van der Waals surface area contributed by atoms with Crippen molar-refractivity contribution in [2.75, 3.05) is 36.9 Å². The van der Waals surface area contributed by atoms with E-state index in [0.717, 1.165) is 44.0 Å². The number of nitrogens with two attached hydrogens (primary N) is 1. The highest BCUT2D eigenvalue weighted by atomic mass is 35.5. The van der Waals surface area contributed by atoms with E-state index in [1.807, 2.05) is 23.5 Å². The van der Waals surface area contributed by atoms with E-state index in [-0.39, 0.29) is 17.7 Å². The van der Waals surface area contributed by atoms with Crippen LogP contribution in [0.15, 0.2) is 0 Å². The number of thioether (sulfide) groups is 2.